The number of esters is 2. The molecule has 184 valence electrons. The number of unbranched alkanes of at least 4 members (excludes halogenated alkanes) is 3. The average molecular weight is 451 g/mol. The number of quaternary nitrogens is 2. The van der Waals surface area contributed by atoms with Gasteiger partial charge in [-0.3, -0.25) is 9.59 Å². The Morgan fingerprint density at radius 1 is 0.742 bits per heavy atom. The molecule has 0 aliphatic carbocycles. The highest BCUT2D eigenvalue weighted by Gasteiger charge is 2.29. The highest BCUT2D eigenvalue weighted by atomic mass is 16.6. The van der Waals surface area contributed by atoms with Crippen LogP contribution in [0.15, 0.2) is 0 Å². The van der Waals surface area contributed by atoms with E-state index in [0.29, 0.717) is 38.7 Å². The van der Waals surface area contributed by atoms with Crippen molar-refractivity contribution in [2.75, 3.05) is 6.61 Å². The van der Waals surface area contributed by atoms with Crippen LogP contribution in [0.25, 0.3) is 0 Å². The number of aliphatic carboxylic acids is 2. The van der Waals surface area contributed by atoms with E-state index in [1.165, 1.54) is 0 Å². The SMILES string of the molecule is CC(CCCCOC(=O)CCCCC(=O)[O-])C(C)(C)OC(=O)CCCCC(=O)[O-].[NH4+].[NH4+]. The molecule has 31 heavy (non-hydrogen) atoms. The number of hydrogen-bond acceptors (Lipinski definition) is 8. The smallest absolute Gasteiger partial charge is 0.306 e. The maximum atomic E-state index is 11.9. The van der Waals surface area contributed by atoms with Crippen LogP contribution in [0, 0.1) is 5.92 Å². The summed E-state index contributed by atoms with van der Waals surface area (Å²) in [6.07, 6.45) is 4.30. The van der Waals surface area contributed by atoms with Crippen molar-refractivity contribution >= 4 is 23.9 Å². The van der Waals surface area contributed by atoms with Crippen molar-refractivity contribution in [3.8, 4) is 0 Å². The molecular formula is C21H42N2O8. The first-order valence-electron chi connectivity index (χ1n) is 10.3. The van der Waals surface area contributed by atoms with Gasteiger partial charge in [0.05, 0.1) is 6.61 Å². The molecule has 1 unspecified atom stereocenters. The molecule has 0 amide bonds. The number of carbonyl (C=O) groups excluding carboxylic acids is 4. The Kier molecular flexibility index (Phi) is 20.0. The van der Waals surface area contributed by atoms with Crippen LogP contribution >= 0.6 is 0 Å². The van der Waals surface area contributed by atoms with Crippen molar-refractivity contribution < 1.29 is 38.9 Å². The van der Waals surface area contributed by atoms with Gasteiger partial charge >= 0.3 is 11.9 Å². The van der Waals surface area contributed by atoms with E-state index >= 15 is 0 Å². The quantitative estimate of drug-likeness (QED) is 0.247. The van der Waals surface area contributed by atoms with Crippen LogP contribution in [0.1, 0.15) is 91.4 Å². The standard InChI is InChI=1S/C21H36O8.2H3N/c1-16(21(2,3)29-20(27)14-7-5-12-18(24)25)10-8-9-15-28-19(26)13-6-4-11-17(22)23;;/h16H,4-15H2,1-3H3,(H,22,23)(H,24,25);2*1H3. The molecule has 1 atom stereocenters. The van der Waals surface area contributed by atoms with E-state index in [1.807, 2.05) is 20.8 Å². The van der Waals surface area contributed by atoms with Crippen LogP contribution < -0.4 is 22.5 Å². The first kappa shape index (κ1) is 33.4. The molecule has 0 heterocycles. The number of rotatable bonds is 17. The largest absolute Gasteiger partial charge is 0.550 e. The minimum atomic E-state index is -1.12. The van der Waals surface area contributed by atoms with E-state index < -0.39 is 17.5 Å². The average Bonchev–Trinajstić information content (AvgIpc) is 2.61. The molecule has 0 aliphatic heterocycles. The summed E-state index contributed by atoms with van der Waals surface area (Å²) in [4.78, 5) is 44.1. The Balaban J connectivity index is -0.00000392. The summed E-state index contributed by atoms with van der Waals surface area (Å²) < 4.78 is 10.7. The molecule has 0 radical (unpaired) electrons. The van der Waals surface area contributed by atoms with Crippen molar-refractivity contribution in [1.29, 1.82) is 0 Å². The number of carbonyl (C=O) groups is 4. The van der Waals surface area contributed by atoms with Gasteiger partial charge in [-0.25, -0.2) is 0 Å². The number of hydrogen-bond donors (Lipinski definition) is 2. The topological polar surface area (TPSA) is 206 Å². The van der Waals surface area contributed by atoms with E-state index in [-0.39, 0.29) is 55.8 Å². The summed E-state index contributed by atoms with van der Waals surface area (Å²) in [7, 11) is 0. The molecule has 0 saturated carbocycles. The third-order valence-corrected chi connectivity index (χ3v) is 4.88. The van der Waals surface area contributed by atoms with Crippen LogP contribution in [0.5, 0.6) is 0 Å². The molecule has 10 heteroatoms. The van der Waals surface area contributed by atoms with Gasteiger partial charge in [0.1, 0.15) is 5.60 Å². The van der Waals surface area contributed by atoms with Crippen molar-refractivity contribution in [1.82, 2.24) is 12.3 Å². The van der Waals surface area contributed by atoms with Crippen LogP contribution in [0.4, 0.5) is 0 Å². The molecule has 0 aromatic rings. The fourth-order valence-corrected chi connectivity index (χ4v) is 2.68. The lowest BCUT2D eigenvalue weighted by atomic mass is 9.88. The molecule has 0 aliphatic rings. The summed E-state index contributed by atoms with van der Waals surface area (Å²) in [5.74, 6) is -2.79. The van der Waals surface area contributed by atoms with Gasteiger partial charge < -0.3 is 41.6 Å². The highest BCUT2D eigenvalue weighted by molar-refractivity contribution is 5.70. The monoisotopic (exact) mass is 450 g/mol. The zero-order valence-corrected chi connectivity index (χ0v) is 19.8. The van der Waals surface area contributed by atoms with Gasteiger partial charge in [0.2, 0.25) is 0 Å². The minimum absolute atomic E-state index is 0. The summed E-state index contributed by atoms with van der Waals surface area (Å²) in [5, 5.41) is 20.6. The summed E-state index contributed by atoms with van der Waals surface area (Å²) in [6, 6.07) is 0. The van der Waals surface area contributed by atoms with E-state index in [4.69, 9.17) is 9.47 Å². The molecule has 0 aromatic heterocycles. The van der Waals surface area contributed by atoms with Gasteiger partial charge in [0.15, 0.2) is 0 Å². The van der Waals surface area contributed by atoms with Crippen LogP contribution in [0.3, 0.4) is 0 Å². The van der Waals surface area contributed by atoms with E-state index in [1.54, 1.807) is 0 Å². The molecule has 0 bridgehead atoms. The lowest BCUT2D eigenvalue weighted by Crippen LogP contribution is -2.35. The zero-order valence-electron chi connectivity index (χ0n) is 19.8. The normalized spacial score (nSPS) is 11.5. The fourth-order valence-electron chi connectivity index (χ4n) is 2.68. The summed E-state index contributed by atoms with van der Waals surface area (Å²) in [6.45, 7) is 6.00. The van der Waals surface area contributed by atoms with Gasteiger partial charge in [-0.15, -0.1) is 0 Å². The molecule has 10 nitrogen and oxygen atoms in total. The predicted octanol–water partition coefficient (Wildman–Crippen LogP) is 2.03. The second-order valence-corrected chi connectivity index (χ2v) is 7.85. The molecule has 0 fully saturated rings. The molecular weight excluding hydrogens is 408 g/mol. The Bertz CT molecular complexity index is 537. The predicted molar refractivity (Wildman–Crippen MR) is 113 cm³/mol. The van der Waals surface area contributed by atoms with Gasteiger partial charge in [-0.2, -0.15) is 0 Å². The Morgan fingerprint density at radius 3 is 1.68 bits per heavy atom. The highest BCUT2D eigenvalue weighted by Crippen LogP contribution is 2.26. The van der Waals surface area contributed by atoms with Crippen molar-refractivity contribution in [2.45, 2.75) is 97.0 Å². The number of carboxylic acids is 2. The zero-order chi connectivity index (χ0) is 22.3. The first-order chi connectivity index (χ1) is 13.5. The summed E-state index contributed by atoms with van der Waals surface area (Å²) >= 11 is 0. The second-order valence-electron chi connectivity index (χ2n) is 7.85. The molecule has 0 saturated heterocycles. The molecule has 0 rings (SSSR count). The maximum absolute atomic E-state index is 11.9. The maximum Gasteiger partial charge on any atom is 0.306 e. The third-order valence-electron chi connectivity index (χ3n) is 4.88. The van der Waals surface area contributed by atoms with Gasteiger partial charge in [0.25, 0.3) is 0 Å². The van der Waals surface area contributed by atoms with E-state index in [0.717, 1.165) is 12.8 Å². The van der Waals surface area contributed by atoms with Crippen LogP contribution in [-0.4, -0.2) is 36.1 Å². The van der Waals surface area contributed by atoms with Crippen molar-refractivity contribution in [3.63, 3.8) is 0 Å². The van der Waals surface area contributed by atoms with Gasteiger partial charge in [-0.1, -0.05) is 6.92 Å². The van der Waals surface area contributed by atoms with Crippen molar-refractivity contribution in [3.05, 3.63) is 0 Å². The van der Waals surface area contributed by atoms with Crippen LogP contribution in [-0.2, 0) is 28.7 Å². The first-order valence-corrected chi connectivity index (χ1v) is 10.3. The minimum Gasteiger partial charge on any atom is -0.550 e. The second kappa shape index (κ2) is 18.6. The van der Waals surface area contributed by atoms with Gasteiger partial charge in [-0.05, 0) is 77.6 Å². The Morgan fingerprint density at radius 2 is 1.19 bits per heavy atom. The fraction of sp³-hybridized carbons (Fsp3) is 0.810. The van der Waals surface area contributed by atoms with E-state index in [2.05, 4.69) is 0 Å². The van der Waals surface area contributed by atoms with Crippen molar-refractivity contribution in [2.24, 2.45) is 5.92 Å². The molecule has 0 aromatic carbocycles. The number of ether oxygens (including phenoxy) is 2. The summed E-state index contributed by atoms with van der Waals surface area (Å²) in [5.41, 5.74) is -0.638. The molecule has 8 N–H and O–H groups in total. The van der Waals surface area contributed by atoms with Crippen LogP contribution in [0.2, 0.25) is 0 Å². The van der Waals surface area contributed by atoms with Gasteiger partial charge in [0, 0.05) is 24.8 Å². The third kappa shape index (κ3) is 19.5. The molecule has 0 spiro atoms. The lowest BCUT2D eigenvalue weighted by Gasteiger charge is -2.32. The van der Waals surface area contributed by atoms with E-state index in [9.17, 15) is 29.4 Å². The Labute approximate surface area is 185 Å². The number of carboxylic acid groups (broad SMARTS) is 2. The Hall–Kier alpha value is -2.20. The lowest BCUT2D eigenvalue weighted by molar-refractivity contribution is -0.307.